The van der Waals surface area contributed by atoms with Crippen molar-refractivity contribution in [1.29, 1.82) is 0 Å². The van der Waals surface area contributed by atoms with Gasteiger partial charge in [0.25, 0.3) is 0 Å². The minimum Gasteiger partial charge on any atom is -0.338 e. The molecule has 0 fully saturated rings. The number of hydrogen-bond acceptors (Lipinski definition) is 1. The van der Waals surface area contributed by atoms with Crippen LogP contribution < -0.4 is 0 Å². The van der Waals surface area contributed by atoms with Gasteiger partial charge in [-0.3, -0.25) is 0 Å². The number of rotatable bonds is 1. The van der Waals surface area contributed by atoms with Gasteiger partial charge in [0.1, 0.15) is 5.82 Å². The van der Waals surface area contributed by atoms with Crippen LogP contribution in [-0.4, -0.2) is 9.97 Å². The number of nitrogens with one attached hydrogen (secondary N) is 1. The average molecular weight is 270 g/mol. The lowest BCUT2D eigenvalue weighted by molar-refractivity contribution is 1.09. The Balaban J connectivity index is 0.000000599. The Labute approximate surface area is 123 Å². The topological polar surface area (TPSA) is 28.7 Å². The summed E-state index contributed by atoms with van der Waals surface area (Å²) in [6.45, 7) is 8.25. The number of para-hydroxylation sites is 2. The number of H-pyrrole nitrogens is 1. The van der Waals surface area contributed by atoms with E-state index in [9.17, 15) is 0 Å². The standard InChI is InChI=1S/C13H10N2.C3H8.C2H6.H2/c1-2-6-10(7-3-1)13-14-11-8-4-5-9-12(11)15-13;1-3-2;1-2;/h1-9H,(H,14,15);3H2,1-2H3;1-2H3;1H. The quantitative estimate of drug-likeness (QED) is 0.584. The molecule has 0 unspecified atom stereocenters. The molecule has 0 radical (unpaired) electrons. The molecule has 0 aliphatic rings. The zero-order chi connectivity index (χ0) is 14.8. The summed E-state index contributed by atoms with van der Waals surface area (Å²) >= 11 is 0. The number of benzene rings is 2. The Morgan fingerprint density at radius 2 is 1.45 bits per heavy atom. The summed E-state index contributed by atoms with van der Waals surface area (Å²) in [5.41, 5.74) is 3.21. The highest BCUT2D eigenvalue weighted by molar-refractivity contribution is 5.79. The van der Waals surface area contributed by atoms with Crippen LogP contribution in [0.5, 0.6) is 0 Å². The molecule has 0 amide bonds. The fourth-order valence-electron chi connectivity index (χ4n) is 1.69. The lowest BCUT2D eigenvalue weighted by atomic mass is 10.2. The van der Waals surface area contributed by atoms with E-state index in [2.05, 4.69) is 35.9 Å². The van der Waals surface area contributed by atoms with Crippen LogP contribution in [-0.2, 0) is 0 Å². The molecule has 1 heterocycles. The van der Waals surface area contributed by atoms with Crippen molar-refractivity contribution in [2.45, 2.75) is 34.1 Å². The van der Waals surface area contributed by atoms with Crippen molar-refractivity contribution >= 4 is 11.0 Å². The molecular formula is C18H26N2. The van der Waals surface area contributed by atoms with Gasteiger partial charge in [0.2, 0.25) is 0 Å². The summed E-state index contributed by atoms with van der Waals surface area (Å²) in [6, 6.07) is 18.2. The van der Waals surface area contributed by atoms with Crippen LogP contribution in [0, 0.1) is 0 Å². The van der Waals surface area contributed by atoms with Crippen LogP contribution in [0.3, 0.4) is 0 Å². The van der Waals surface area contributed by atoms with E-state index in [4.69, 9.17) is 0 Å². The third-order valence-electron chi connectivity index (χ3n) is 2.44. The maximum atomic E-state index is 4.53. The van der Waals surface area contributed by atoms with E-state index >= 15 is 0 Å². The first-order valence-electron chi connectivity index (χ1n) is 7.35. The molecule has 3 aromatic rings. The SMILES string of the molecule is CC.CCC.[HH].c1ccc(-c2nc3ccccc3[nH]2)cc1. The Morgan fingerprint density at radius 3 is 2.05 bits per heavy atom. The lowest BCUT2D eigenvalue weighted by Gasteiger charge is -1.93. The molecule has 0 saturated heterocycles. The maximum absolute atomic E-state index is 4.53. The first-order valence-corrected chi connectivity index (χ1v) is 7.35. The summed E-state index contributed by atoms with van der Waals surface area (Å²) in [6.07, 6.45) is 1.25. The molecule has 0 saturated carbocycles. The van der Waals surface area contributed by atoms with E-state index in [1.54, 1.807) is 0 Å². The first-order chi connectivity index (χ1) is 9.85. The molecule has 2 nitrogen and oxygen atoms in total. The van der Waals surface area contributed by atoms with Gasteiger partial charge in [0, 0.05) is 6.99 Å². The highest BCUT2D eigenvalue weighted by Crippen LogP contribution is 2.19. The van der Waals surface area contributed by atoms with Gasteiger partial charge in [0.15, 0.2) is 0 Å². The van der Waals surface area contributed by atoms with E-state index in [0.717, 1.165) is 22.4 Å². The first kappa shape index (κ1) is 16.0. The predicted octanol–water partition coefficient (Wildman–Crippen LogP) is 5.92. The van der Waals surface area contributed by atoms with Crippen molar-refractivity contribution in [2.24, 2.45) is 0 Å². The molecule has 20 heavy (non-hydrogen) atoms. The normalized spacial score (nSPS) is 9.20. The second-order valence-electron chi connectivity index (χ2n) is 4.18. The highest BCUT2D eigenvalue weighted by Gasteiger charge is 2.02. The maximum Gasteiger partial charge on any atom is 0.138 e. The van der Waals surface area contributed by atoms with Gasteiger partial charge >= 0.3 is 0 Å². The van der Waals surface area contributed by atoms with Crippen molar-refractivity contribution in [3.05, 3.63) is 54.6 Å². The molecule has 0 bridgehead atoms. The molecular weight excluding hydrogens is 244 g/mol. The van der Waals surface area contributed by atoms with Gasteiger partial charge in [-0.25, -0.2) is 4.98 Å². The zero-order valence-corrected chi connectivity index (χ0v) is 12.9. The summed E-state index contributed by atoms with van der Waals surface area (Å²) in [5.74, 6) is 0.928. The van der Waals surface area contributed by atoms with Crippen molar-refractivity contribution in [3.8, 4) is 11.4 Å². The smallest absolute Gasteiger partial charge is 0.138 e. The minimum atomic E-state index is 0. The highest BCUT2D eigenvalue weighted by atomic mass is 14.9. The zero-order valence-electron chi connectivity index (χ0n) is 12.9. The number of imidazole rings is 1. The van der Waals surface area contributed by atoms with E-state index in [-0.39, 0.29) is 1.43 Å². The molecule has 2 aromatic carbocycles. The van der Waals surface area contributed by atoms with Gasteiger partial charge in [-0.1, -0.05) is 76.6 Å². The summed E-state index contributed by atoms with van der Waals surface area (Å²) in [7, 11) is 0. The minimum absolute atomic E-state index is 0. The van der Waals surface area contributed by atoms with Crippen molar-refractivity contribution in [2.75, 3.05) is 0 Å². The van der Waals surface area contributed by atoms with Crippen molar-refractivity contribution in [1.82, 2.24) is 9.97 Å². The number of aromatic nitrogens is 2. The number of nitrogens with zero attached hydrogens (tertiary/aromatic N) is 1. The molecule has 108 valence electrons. The third-order valence-corrected chi connectivity index (χ3v) is 2.44. The monoisotopic (exact) mass is 270 g/mol. The van der Waals surface area contributed by atoms with Crippen LogP contribution in [0.25, 0.3) is 22.4 Å². The van der Waals surface area contributed by atoms with E-state index in [0.29, 0.717) is 0 Å². The van der Waals surface area contributed by atoms with E-state index in [1.165, 1.54) is 6.42 Å². The molecule has 0 atom stereocenters. The van der Waals surface area contributed by atoms with Crippen LogP contribution in [0.1, 0.15) is 35.5 Å². The van der Waals surface area contributed by atoms with Gasteiger partial charge in [-0.15, -0.1) is 0 Å². The summed E-state index contributed by atoms with van der Waals surface area (Å²) in [4.78, 5) is 7.83. The van der Waals surface area contributed by atoms with E-state index < -0.39 is 0 Å². The van der Waals surface area contributed by atoms with Crippen molar-refractivity contribution < 1.29 is 1.43 Å². The second kappa shape index (κ2) is 8.92. The number of fused-ring (bicyclic) bond motifs is 1. The fourth-order valence-corrected chi connectivity index (χ4v) is 1.69. The van der Waals surface area contributed by atoms with Crippen LogP contribution >= 0.6 is 0 Å². The fraction of sp³-hybridized carbons (Fsp3) is 0.278. The summed E-state index contributed by atoms with van der Waals surface area (Å²) < 4.78 is 0. The Kier molecular flexibility index (Phi) is 7.12. The van der Waals surface area contributed by atoms with Gasteiger partial charge in [0.05, 0.1) is 11.0 Å². The number of aromatic amines is 1. The molecule has 1 aromatic heterocycles. The average Bonchev–Trinajstić information content (AvgIpc) is 2.95. The molecule has 0 spiro atoms. The van der Waals surface area contributed by atoms with Gasteiger partial charge in [-0.05, 0) is 12.1 Å². The van der Waals surface area contributed by atoms with E-state index in [1.807, 2.05) is 56.3 Å². The molecule has 1 N–H and O–H groups in total. The lowest BCUT2D eigenvalue weighted by Crippen LogP contribution is -1.77. The molecule has 0 aliphatic carbocycles. The second-order valence-corrected chi connectivity index (χ2v) is 4.18. The predicted molar refractivity (Wildman–Crippen MR) is 91.0 cm³/mol. The van der Waals surface area contributed by atoms with Crippen LogP contribution in [0.2, 0.25) is 0 Å². The van der Waals surface area contributed by atoms with Crippen LogP contribution in [0.15, 0.2) is 54.6 Å². The number of hydrogen-bond donors (Lipinski definition) is 1. The van der Waals surface area contributed by atoms with Crippen LogP contribution in [0.4, 0.5) is 0 Å². The summed E-state index contributed by atoms with van der Waals surface area (Å²) in [5, 5.41) is 0. The largest absolute Gasteiger partial charge is 0.338 e. The molecule has 2 heteroatoms. The van der Waals surface area contributed by atoms with Crippen molar-refractivity contribution in [3.63, 3.8) is 0 Å². The van der Waals surface area contributed by atoms with Gasteiger partial charge in [-0.2, -0.15) is 0 Å². The Bertz CT molecular complexity index is 570. The Morgan fingerprint density at radius 1 is 0.900 bits per heavy atom. The van der Waals surface area contributed by atoms with Gasteiger partial charge < -0.3 is 4.98 Å². The third kappa shape index (κ3) is 4.23. The molecule has 0 aliphatic heterocycles. The Hall–Kier alpha value is -2.09. The molecule has 3 rings (SSSR count).